The summed E-state index contributed by atoms with van der Waals surface area (Å²) in [5, 5.41) is 18.1. The van der Waals surface area contributed by atoms with Crippen LogP contribution in [0.2, 0.25) is 0 Å². The van der Waals surface area contributed by atoms with E-state index in [-0.39, 0.29) is 18.2 Å². The van der Waals surface area contributed by atoms with E-state index in [9.17, 15) is 9.18 Å². The molecule has 0 saturated carbocycles. The number of benzene rings is 3. The number of fused-ring (bicyclic) bond motifs is 2. The third-order valence-corrected chi connectivity index (χ3v) is 6.33. The monoisotopic (exact) mass is 459 g/mol. The van der Waals surface area contributed by atoms with E-state index in [1.807, 2.05) is 13.0 Å². The molecule has 0 aromatic heterocycles. The first-order valence-electron chi connectivity index (χ1n) is 11.1. The van der Waals surface area contributed by atoms with Crippen molar-refractivity contribution in [2.75, 3.05) is 6.61 Å². The number of aliphatic carboxylic acids is 1. The molecule has 0 fully saturated rings. The Morgan fingerprint density at radius 1 is 1.21 bits per heavy atom. The van der Waals surface area contributed by atoms with Gasteiger partial charge in [0, 0.05) is 28.7 Å². The Balaban J connectivity index is 1.38. The Hall–Kier alpha value is -4.05. The Kier molecular flexibility index (Phi) is 5.58. The molecule has 3 aromatic carbocycles. The first-order valence-corrected chi connectivity index (χ1v) is 11.1. The quantitative estimate of drug-likeness (QED) is 0.500. The van der Waals surface area contributed by atoms with Crippen molar-refractivity contribution in [1.29, 1.82) is 5.26 Å². The van der Waals surface area contributed by atoms with Gasteiger partial charge in [0.2, 0.25) is 0 Å². The summed E-state index contributed by atoms with van der Waals surface area (Å²) in [5.74, 6) is 0.941. The molecule has 1 aliphatic heterocycles. The number of aryl methyl sites for hydroxylation is 1. The van der Waals surface area contributed by atoms with Crippen LogP contribution in [0, 0.1) is 24.1 Å². The van der Waals surface area contributed by atoms with Crippen molar-refractivity contribution in [3.05, 3.63) is 82.2 Å². The molecule has 1 N–H and O–H groups in total. The van der Waals surface area contributed by atoms with Gasteiger partial charge in [-0.1, -0.05) is 6.07 Å². The van der Waals surface area contributed by atoms with Gasteiger partial charge in [0.15, 0.2) is 0 Å². The van der Waals surface area contributed by atoms with Crippen LogP contribution in [0.25, 0.3) is 0 Å². The Morgan fingerprint density at radius 3 is 2.79 bits per heavy atom. The molecule has 2 aliphatic rings. The van der Waals surface area contributed by atoms with Gasteiger partial charge in [-0.15, -0.1) is 0 Å². The molecule has 5 rings (SSSR count). The van der Waals surface area contributed by atoms with Crippen LogP contribution in [-0.2, 0) is 11.2 Å². The van der Waals surface area contributed by atoms with Crippen molar-refractivity contribution in [2.24, 2.45) is 0 Å². The molecular formula is C27H22FNO5. The lowest BCUT2D eigenvalue weighted by atomic mass is 9.98. The van der Waals surface area contributed by atoms with E-state index in [0.717, 1.165) is 16.7 Å². The van der Waals surface area contributed by atoms with Crippen molar-refractivity contribution >= 4 is 5.97 Å². The summed E-state index contributed by atoms with van der Waals surface area (Å²) < 4.78 is 32.8. The topological polar surface area (TPSA) is 88.8 Å². The number of rotatable bonds is 6. The Morgan fingerprint density at radius 2 is 2.03 bits per heavy atom. The standard InChI is InChI=1S/C27H22FNO5/c1-15-10-16(13-29)2-7-22(15)34-23-9-6-21(28)27-20(23)5-8-24(27)33-18-3-4-19-17(11-26(30)31)14-32-25(19)12-18/h2-4,6-7,9-10,12,17,24H,5,8,11,14H2,1H3,(H,30,31). The zero-order valence-corrected chi connectivity index (χ0v) is 18.5. The third-order valence-electron chi connectivity index (χ3n) is 6.33. The summed E-state index contributed by atoms with van der Waals surface area (Å²) in [6, 6.07) is 15.6. The number of hydrogen-bond acceptors (Lipinski definition) is 5. The maximum absolute atomic E-state index is 14.9. The summed E-state index contributed by atoms with van der Waals surface area (Å²) in [4.78, 5) is 11.1. The fourth-order valence-corrected chi connectivity index (χ4v) is 4.68. The molecule has 2 unspecified atom stereocenters. The first-order chi connectivity index (χ1) is 16.4. The number of nitriles is 1. The molecule has 0 saturated heterocycles. The summed E-state index contributed by atoms with van der Waals surface area (Å²) in [6.07, 6.45) is 0.730. The van der Waals surface area contributed by atoms with Crippen molar-refractivity contribution in [3.8, 4) is 29.1 Å². The van der Waals surface area contributed by atoms with E-state index < -0.39 is 12.1 Å². The number of halogens is 1. The maximum atomic E-state index is 14.9. The highest BCUT2D eigenvalue weighted by molar-refractivity contribution is 5.68. The summed E-state index contributed by atoms with van der Waals surface area (Å²) >= 11 is 0. The number of nitrogens with zero attached hydrogens (tertiary/aromatic N) is 1. The smallest absolute Gasteiger partial charge is 0.304 e. The summed E-state index contributed by atoms with van der Waals surface area (Å²) in [7, 11) is 0. The number of hydrogen-bond donors (Lipinski definition) is 1. The van der Waals surface area contributed by atoms with Gasteiger partial charge in [0.05, 0.1) is 24.7 Å². The molecular weight excluding hydrogens is 437 g/mol. The van der Waals surface area contributed by atoms with Gasteiger partial charge in [-0.05, 0) is 61.7 Å². The van der Waals surface area contributed by atoms with E-state index in [1.165, 1.54) is 6.07 Å². The van der Waals surface area contributed by atoms with E-state index in [0.29, 0.717) is 53.6 Å². The second-order valence-corrected chi connectivity index (χ2v) is 8.58. The molecule has 6 nitrogen and oxygen atoms in total. The summed E-state index contributed by atoms with van der Waals surface area (Å²) in [6.45, 7) is 2.18. The van der Waals surface area contributed by atoms with Crippen molar-refractivity contribution < 1.29 is 28.5 Å². The fourth-order valence-electron chi connectivity index (χ4n) is 4.68. The van der Waals surface area contributed by atoms with Gasteiger partial charge < -0.3 is 19.3 Å². The SMILES string of the molecule is Cc1cc(C#N)ccc1Oc1ccc(F)c2c1CCC2Oc1ccc2c(c1)OCC2CC(=O)O. The molecule has 7 heteroatoms. The molecule has 1 aliphatic carbocycles. The van der Waals surface area contributed by atoms with Crippen LogP contribution >= 0.6 is 0 Å². The van der Waals surface area contributed by atoms with Crippen LogP contribution in [0.1, 0.15) is 52.7 Å². The van der Waals surface area contributed by atoms with Crippen LogP contribution < -0.4 is 14.2 Å². The highest BCUT2D eigenvalue weighted by atomic mass is 19.1. The third kappa shape index (κ3) is 4.03. The Bertz CT molecular complexity index is 1330. The predicted octanol–water partition coefficient (Wildman–Crippen LogP) is 5.82. The second kappa shape index (κ2) is 8.71. The molecule has 0 radical (unpaired) electrons. The minimum atomic E-state index is -0.867. The van der Waals surface area contributed by atoms with Gasteiger partial charge in [-0.3, -0.25) is 4.79 Å². The minimum Gasteiger partial charge on any atom is -0.492 e. The second-order valence-electron chi connectivity index (χ2n) is 8.58. The molecule has 34 heavy (non-hydrogen) atoms. The normalized spacial score (nSPS) is 17.9. The van der Waals surface area contributed by atoms with Crippen LogP contribution in [0.3, 0.4) is 0 Å². The number of carboxylic acid groups (broad SMARTS) is 1. The fraction of sp³-hybridized carbons (Fsp3) is 0.259. The molecule has 3 aromatic rings. The van der Waals surface area contributed by atoms with Crippen LogP contribution in [0.15, 0.2) is 48.5 Å². The van der Waals surface area contributed by atoms with Crippen molar-refractivity contribution in [1.82, 2.24) is 0 Å². The van der Waals surface area contributed by atoms with E-state index >= 15 is 0 Å². The van der Waals surface area contributed by atoms with E-state index in [2.05, 4.69) is 6.07 Å². The largest absolute Gasteiger partial charge is 0.492 e. The number of carbonyl (C=O) groups is 1. The van der Waals surface area contributed by atoms with Crippen LogP contribution in [0.5, 0.6) is 23.0 Å². The maximum Gasteiger partial charge on any atom is 0.304 e. The molecule has 2 atom stereocenters. The van der Waals surface area contributed by atoms with Crippen LogP contribution in [-0.4, -0.2) is 17.7 Å². The van der Waals surface area contributed by atoms with Crippen molar-refractivity contribution in [2.45, 2.75) is 38.2 Å². The number of ether oxygens (including phenoxy) is 3. The van der Waals surface area contributed by atoms with Gasteiger partial charge in [-0.25, -0.2) is 4.39 Å². The average Bonchev–Trinajstić information content (AvgIpc) is 3.41. The highest BCUT2D eigenvalue weighted by Crippen LogP contribution is 2.44. The molecule has 1 heterocycles. The lowest BCUT2D eigenvalue weighted by molar-refractivity contribution is -0.137. The summed E-state index contributed by atoms with van der Waals surface area (Å²) in [5.41, 5.74) is 3.47. The average molecular weight is 459 g/mol. The highest BCUT2D eigenvalue weighted by Gasteiger charge is 2.32. The van der Waals surface area contributed by atoms with E-state index in [1.54, 1.807) is 36.4 Å². The molecule has 0 spiro atoms. The van der Waals surface area contributed by atoms with Gasteiger partial charge in [0.1, 0.15) is 34.9 Å². The van der Waals surface area contributed by atoms with Gasteiger partial charge in [-0.2, -0.15) is 5.26 Å². The lowest BCUT2D eigenvalue weighted by Crippen LogP contribution is -2.07. The predicted molar refractivity (Wildman–Crippen MR) is 121 cm³/mol. The lowest BCUT2D eigenvalue weighted by Gasteiger charge is -2.18. The van der Waals surface area contributed by atoms with Gasteiger partial charge >= 0.3 is 5.97 Å². The van der Waals surface area contributed by atoms with Crippen molar-refractivity contribution in [3.63, 3.8) is 0 Å². The van der Waals surface area contributed by atoms with Gasteiger partial charge in [0.25, 0.3) is 0 Å². The number of carboxylic acids is 1. The molecule has 0 bridgehead atoms. The first kappa shape index (κ1) is 21.8. The molecule has 0 amide bonds. The zero-order chi connectivity index (χ0) is 23.8. The van der Waals surface area contributed by atoms with E-state index in [4.69, 9.17) is 24.6 Å². The minimum absolute atomic E-state index is 0.00983. The molecule has 172 valence electrons. The Labute approximate surface area is 196 Å². The zero-order valence-electron chi connectivity index (χ0n) is 18.5. The van der Waals surface area contributed by atoms with Crippen LogP contribution in [0.4, 0.5) is 4.39 Å².